The van der Waals surface area contributed by atoms with Crippen LogP contribution in [0.4, 0.5) is 11.6 Å². The highest BCUT2D eigenvalue weighted by Crippen LogP contribution is 2.25. The number of anilines is 2. The lowest BCUT2D eigenvalue weighted by molar-refractivity contribution is 0.320. The van der Waals surface area contributed by atoms with Gasteiger partial charge in [0.05, 0.1) is 18.1 Å². The van der Waals surface area contributed by atoms with Gasteiger partial charge < -0.3 is 15.4 Å². The number of nitrogens with zero attached hydrogens (tertiary/aromatic N) is 3. The van der Waals surface area contributed by atoms with Crippen LogP contribution in [0.2, 0.25) is 0 Å². The van der Waals surface area contributed by atoms with E-state index in [0.717, 1.165) is 18.0 Å². The standard InChI is InChI=1S/C12H15N5O/c1-13-8-9-18-11-5-3-2-4-10(11)16-12-14-6-7-15-17-12/h2-7,13H,8-9H2,1H3,(H,14,16,17). The summed E-state index contributed by atoms with van der Waals surface area (Å²) in [4.78, 5) is 4.06. The highest BCUT2D eigenvalue weighted by molar-refractivity contribution is 5.61. The second kappa shape index (κ2) is 6.51. The molecule has 2 N–H and O–H groups in total. The molecule has 0 saturated heterocycles. The summed E-state index contributed by atoms with van der Waals surface area (Å²) in [6.45, 7) is 1.39. The second-order valence-corrected chi connectivity index (χ2v) is 3.54. The van der Waals surface area contributed by atoms with Crippen LogP contribution in [0, 0.1) is 0 Å². The first-order valence-corrected chi connectivity index (χ1v) is 5.67. The normalized spacial score (nSPS) is 10.1. The zero-order chi connectivity index (χ0) is 12.6. The Bertz CT molecular complexity index is 477. The van der Waals surface area contributed by atoms with Crippen LogP contribution in [-0.4, -0.2) is 35.4 Å². The van der Waals surface area contributed by atoms with Crippen molar-refractivity contribution in [3.8, 4) is 5.75 Å². The molecule has 0 aliphatic heterocycles. The van der Waals surface area contributed by atoms with Crippen molar-refractivity contribution in [1.29, 1.82) is 0 Å². The maximum atomic E-state index is 5.65. The van der Waals surface area contributed by atoms with Gasteiger partial charge >= 0.3 is 0 Å². The van der Waals surface area contributed by atoms with E-state index in [4.69, 9.17) is 4.74 Å². The zero-order valence-corrected chi connectivity index (χ0v) is 10.1. The molecular formula is C12H15N5O. The predicted octanol–water partition coefficient (Wildman–Crippen LogP) is 1.21. The van der Waals surface area contributed by atoms with E-state index in [-0.39, 0.29) is 0 Å². The molecule has 0 amide bonds. The lowest BCUT2D eigenvalue weighted by Crippen LogP contribution is -2.16. The highest BCUT2D eigenvalue weighted by Gasteiger charge is 2.04. The van der Waals surface area contributed by atoms with E-state index in [0.29, 0.717) is 12.6 Å². The number of likely N-dealkylation sites (N-methyl/N-ethyl adjacent to an activating group) is 1. The molecule has 0 radical (unpaired) electrons. The Balaban J connectivity index is 2.07. The summed E-state index contributed by atoms with van der Waals surface area (Å²) in [5.74, 6) is 1.21. The van der Waals surface area contributed by atoms with Crippen LogP contribution in [0.5, 0.6) is 5.75 Å². The van der Waals surface area contributed by atoms with Gasteiger partial charge in [-0.25, -0.2) is 4.98 Å². The Morgan fingerprint density at radius 1 is 1.22 bits per heavy atom. The van der Waals surface area contributed by atoms with Gasteiger partial charge in [-0.1, -0.05) is 12.1 Å². The van der Waals surface area contributed by atoms with Gasteiger partial charge in [-0.05, 0) is 19.2 Å². The van der Waals surface area contributed by atoms with Crippen molar-refractivity contribution in [1.82, 2.24) is 20.5 Å². The molecule has 0 unspecified atom stereocenters. The predicted molar refractivity (Wildman–Crippen MR) is 69.0 cm³/mol. The van der Waals surface area contributed by atoms with Crippen LogP contribution >= 0.6 is 0 Å². The summed E-state index contributed by atoms with van der Waals surface area (Å²) in [5, 5.41) is 13.7. The lowest BCUT2D eigenvalue weighted by atomic mass is 10.3. The molecular weight excluding hydrogens is 230 g/mol. The van der Waals surface area contributed by atoms with Gasteiger partial charge in [0, 0.05) is 6.54 Å². The van der Waals surface area contributed by atoms with Gasteiger partial charge in [0.15, 0.2) is 0 Å². The minimum atomic E-state index is 0.446. The van der Waals surface area contributed by atoms with Crippen LogP contribution in [0.15, 0.2) is 36.7 Å². The van der Waals surface area contributed by atoms with Crippen molar-refractivity contribution in [2.75, 3.05) is 25.5 Å². The smallest absolute Gasteiger partial charge is 0.247 e. The summed E-state index contributed by atoms with van der Waals surface area (Å²) in [5.41, 5.74) is 0.821. The Labute approximate surface area is 105 Å². The van der Waals surface area contributed by atoms with Crippen molar-refractivity contribution in [2.45, 2.75) is 0 Å². The first-order valence-electron chi connectivity index (χ1n) is 5.67. The largest absolute Gasteiger partial charge is 0.490 e. The average molecular weight is 245 g/mol. The van der Waals surface area contributed by atoms with Crippen molar-refractivity contribution in [3.63, 3.8) is 0 Å². The van der Waals surface area contributed by atoms with E-state index >= 15 is 0 Å². The van der Waals surface area contributed by atoms with Gasteiger partial charge in [-0.3, -0.25) is 0 Å². The molecule has 94 valence electrons. The van der Waals surface area contributed by atoms with Crippen LogP contribution in [0.25, 0.3) is 0 Å². The van der Waals surface area contributed by atoms with Gasteiger partial charge in [0.2, 0.25) is 5.95 Å². The second-order valence-electron chi connectivity index (χ2n) is 3.54. The molecule has 0 atom stereocenters. The molecule has 6 nitrogen and oxygen atoms in total. The number of hydrogen-bond donors (Lipinski definition) is 2. The molecule has 1 heterocycles. The van der Waals surface area contributed by atoms with Crippen LogP contribution in [0.3, 0.4) is 0 Å². The number of hydrogen-bond acceptors (Lipinski definition) is 6. The third-order valence-electron chi connectivity index (χ3n) is 2.23. The summed E-state index contributed by atoms with van der Waals surface area (Å²) in [6.07, 6.45) is 3.11. The Morgan fingerprint density at radius 2 is 2.11 bits per heavy atom. The van der Waals surface area contributed by atoms with Crippen molar-refractivity contribution >= 4 is 11.6 Å². The van der Waals surface area contributed by atoms with E-state index < -0.39 is 0 Å². The van der Waals surface area contributed by atoms with Gasteiger partial charge in [-0.2, -0.15) is 5.10 Å². The van der Waals surface area contributed by atoms with Crippen LogP contribution in [-0.2, 0) is 0 Å². The van der Waals surface area contributed by atoms with Crippen LogP contribution in [0.1, 0.15) is 0 Å². The molecule has 0 saturated carbocycles. The molecule has 0 bridgehead atoms. The number of aromatic nitrogens is 3. The third-order valence-corrected chi connectivity index (χ3v) is 2.23. The Kier molecular flexibility index (Phi) is 4.43. The molecule has 1 aromatic heterocycles. The summed E-state index contributed by atoms with van der Waals surface area (Å²) in [6, 6.07) is 7.65. The number of nitrogens with one attached hydrogen (secondary N) is 2. The Hall–Kier alpha value is -2.21. The molecule has 0 aliphatic carbocycles. The molecule has 18 heavy (non-hydrogen) atoms. The molecule has 2 rings (SSSR count). The molecule has 1 aromatic carbocycles. The summed E-state index contributed by atoms with van der Waals surface area (Å²) >= 11 is 0. The van der Waals surface area contributed by atoms with Crippen LogP contribution < -0.4 is 15.4 Å². The quantitative estimate of drug-likeness (QED) is 0.745. The molecule has 0 fully saturated rings. The monoisotopic (exact) mass is 245 g/mol. The zero-order valence-electron chi connectivity index (χ0n) is 10.1. The van der Waals surface area contributed by atoms with Crippen molar-refractivity contribution < 1.29 is 4.74 Å². The maximum absolute atomic E-state index is 5.65. The topological polar surface area (TPSA) is 72.0 Å². The van der Waals surface area contributed by atoms with Gasteiger partial charge in [0.25, 0.3) is 0 Å². The average Bonchev–Trinajstić information content (AvgIpc) is 2.42. The lowest BCUT2D eigenvalue weighted by Gasteiger charge is -2.11. The summed E-state index contributed by atoms with van der Waals surface area (Å²) in [7, 11) is 1.89. The highest BCUT2D eigenvalue weighted by atomic mass is 16.5. The van der Waals surface area contributed by atoms with E-state index in [1.165, 1.54) is 6.20 Å². The van der Waals surface area contributed by atoms with E-state index in [1.54, 1.807) is 6.20 Å². The fourth-order valence-electron chi connectivity index (χ4n) is 1.38. The van der Waals surface area contributed by atoms with Crippen molar-refractivity contribution in [3.05, 3.63) is 36.7 Å². The fraction of sp³-hybridized carbons (Fsp3) is 0.250. The number of para-hydroxylation sites is 2. The minimum Gasteiger partial charge on any atom is -0.490 e. The SMILES string of the molecule is CNCCOc1ccccc1Nc1nccnn1. The maximum Gasteiger partial charge on any atom is 0.247 e. The first kappa shape index (κ1) is 12.3. The molecule has 6 heteroatoms. The summed E-state index contributed by atoms with van der Waals surface area (Å²) < 4.78 is 5.65. The number of ether oxygens (including phenoxy) is 1. The molecule has 0 spiro atoms. The first-order chi connectivity index (χ1) is 8.90. The fourth-order valence-corrected chi connectivity index (χ4v) is 1.38. The van der Waals surface area contributed by atoms with E-state index in [2.05, 4.69) is 25.8 Å². The number of rotatable bonds is 6. The van der Waals surface area contributed by atoms with Gasteiger partial charge in [0.1, 0.15) is 12.4 Å². The Morgan fingerprint density at radius 3 is 2.89 bits per heavy atom. The van der Waals surface area contributed by atoms with E-state index in [9.17, 15) is 0 Å². The molecule has 0 aliphatic rings. The van der Waals surface area contributed by atoms with Crippen molar-refractivity contribution in [2.24, 2.45) is 0 Å². The van der Waals surface area contributed by atoms with E-state index in [1.807, 2.05) is 31.3 Å². The third kappa shape index (κ3) is 3.39. The number of benzene rings is 1. The molecule has 2 aromatic rings. The van der Waals surface area contributed by atoms with Gasteiger partial charge in [-0.15, -0.1) is 5.10 Å². The minimum absolute atomic E-state index is 0.446.